The summed E-state index contributed by atoms with van der Waals surface area (Å²) >= 11 is 3.52. The number of amides is 1. The summed E-state index contributed by atoms with van der Waals surface area (Å²) < 4.78 is 2.78. The molecule has 0 saturated carbocycles. The van der Waals surface area contributed by atoms with E-state index in [2.05, 4.69) is 36.5 Å². The van der Waals surface area contributed by atoms with Gasteiger partial charge in [-0.25, -0.2) is 0 Å². The Morgan fingerprint density at radius 1 is 1.32 bits per heavy atom. The average molecular weight is 402 g/mol. The van der Waals surface area contributed by atoms with Gasteiger partial charge in [-0.15, -0.1) is 0 Å². The van der Waals surface area contributed by atoms with E-state index in [1.807, 2.05) is 56.8 Å². The van der Waals surface area contributed by atoms with Crippen LogP contribution in [0, 0.1) is 13.8 Å². The number of benzene rings is 1. The van der Waals surface area contributed by atoms with Crippen molar-refractivity contribution in [3.8, 4) is 11.3 Å². The molecule has 0 aliphatic rings. The Morgan fingerprint density at radius 3 is 2.68 bits per heavy atom. The van der Waals surface area contributed by atoms with Crippen LogP contribution in [0.4, 0.5) is 0 Å². The maximum atomic E-state index is 12.5. The summed E-state index contributed by atoms with van der Waals surface area (Å²) in [5.74, 6) is -0.193. The molecule has 3 aromatic rings. The highest BCUT2D eigenvalue weighted by Crippen LogP contribution is 2.26. The number of carbonyl (C=O) groups is 1. The van der Waals surface area contributed by atoms with Crippen molar-refractivity contribution >= 4 is 21.8 Å². The van der Waals surface area contributed by atoms with Gasteiger partial charge in [0.1, 0.15) is 5.69 Å². The summed E-state index contributed by atoms with van der Waals surface area (Å²) in [5.41, 5.74) is 5.03. The first-order valence-electron chi connectivity index (χ1n) is 7.99. The van der Waals surface area contributed by atoms with E-state index in [1.54, 1.807) is 6.07 Å². The molecule has 0 fully saturated rings. The number of aryl methyl sites for hydroxylation is 2. The van der Waals surface area contributed by atoms with E-state index < -0.39 is 0 Å². The van der Waals surface area contributed by atoms with E-state index in [9.17, 15) is 4.79 Å². The van der Waals surface area contributed by atoms with E-state index in [0.717, 1.165) is 32.7 Å². The highest BCUT2D eigenvalue weighted by atomic mass is 79.9. The lowest BCUT2D eigenvalue weighted by molar-refractivity contribution is 0.0934. The van der Waals surface area contributed by atoms with E-state index >= 15 is 0 Å². The first-order valence-corrected chi connectivity index (χ1v) is 8.79. The van der Waals surface area contributed by atoms with Crippen molar-refractivity contribution in [1.29, 1.82) is 0 Å². The number of H-pyrrole nitrogens is 1. The maximum Gasteiger partial charge on any atom is 0.269 e. The van der Waals surface area contributed by atoms with E-state index in [1.165, 1.54) is 0 Å². The predicted octanol–water partition coefficient (Wildman–Crippen LogP) is 3.68. The molecule has 25 heavy (non-hydrogen) atoms. The summed E-state index contributed by atoms with van der Waals surface area (Å²) in [6, 6.07) is 9.47. The Bertz CT molecular complexity index is 927. The zero-order chi connectivity index (χ0) is 18.1. The Hall–Kier alpha value is -2.41. The molecule has 0 radical (unpaired) electrons. The number of rotatable bonds is 4. The van der Waals surface area contributed by atoms with Crippen LogP contribution in [-0.2, 0) is 7.05 Å². The number of aromatic amines is 1. The molecule has 1 aromatic carbocycles. The highest BCUT2D eigenvalue weighted by molar-refractivity contribution is 9.10. The van der Waals surface area contributed by atoms with Crippen LogP contribution in [-0.4, -0.2) is 25.9 Å². The number of nitrogens with one attached hydrogen (secondary N) is 2. The summed E-state index contributed by atoms with van der Waals surface area (Å²) in [7, 11) is 1.89. The Balaban J connectivity index is 1.80. The Morgan fingerprint density at radius 2 is 2.04 bits per heavy atom. The number of carbonyl (C=O) groups excluding carboxylic acids is 1. The fraction of sp³-hybridized carbons (Fsp3) is 0.278. The smallest absolute Gasteiger partial charge is 0.269 e. The minimum absolute atomic E-state index is 0.128. The lowest BCUT2D eigenvalue weighted by Gasteiger charge is -2.15. The third-order valence-electron chi connectivity index (χ3n) is 4.31. The first kappa shape index (κ1) is 17.4. The van der Waals surface area contributed by atoms with E-state index in [-0.39, 0.29) is 11.9 Å². The molecule has 1 unspecified atom stereocenters. The number of halogens is 1. The molecule has 1 amide bonds. The molecule has 7 heteroatoms. The van der Waals surface area contributed by atoms with Crippen LogP contribution < -0.4 is 5.32 Å². The summed E-state index contributed by atoms with van der Waals surface area (Å²) in [5, 5.41) is 14.5. The van der Waals surface area contributed by atoms with Crippen LogP contribution >= 0.6 is 15.9 Å². The minimum atomic E-state index is -0.193. The number of hydrogen-bond acceptors (Lipinski definition) is 3. The van der Waals surface area contributed by atoms with Crippen LogP contribution in [0.25, 0.3) is 11.3 Å². The van der Waals surface area contributed by atoms with E-state index in [4.69, 9.17) is 0 Å². The second-order valence-electron chi connectivity index (χ2n) is 6.05. The molecular formula is C18H20BrN5O. The maximum absolute atomic E-state index is 12.5. The molecule has 130 valence electrons. The van der Waals surface area contributed by atoms with Crippen LogP contribution in [0.5, 0.6) is 0 Å². The molecule has 2 aromatic heterocycles. The second kappa shape index (κ2) is 6.84. The van der Waals surface area contributed by atoms with Crippen molar-refractivity contribution in [2.75, 3.05) is 0 Å². The highest BCUT2D eigenvalue weighted by Gasteiger charge is 2.19. The second-order valence-corrected chi connectivity index (χ2v) is 6.91. The fourth-order valence-corrected chi connectivity index (χ4v) is 3.52. The fourth-order valence-electron chi connectivity index (χ4n) is 2.89. The van der Waals surface area contributed by atoms with Crippen molar-refractivity contribution in [1.82, 2.24) is 25.3 Å². The van der Waals surface area contributed by atoms with Gasteiger partial charge in [-0.05, 0) is 38.5 Å². The van der Waals surface area contributed by atoms with E-state index in [0.29, 0.717) is 5.69 Å². The lowest BCUT2D eigenvalue weighted by Crippen LogP contribution is -2.27. The summed E-state index contributed by atoms with van der Waals surface area (Å²) in [6.07, 6.45) is 0. The van der Waals surface area contributed by atoms with Crippen molar-refractivity contribution in [3.63, 3.8) is 0 Å². The van der Waals surface area contributed by atoms with Crippen molar-refractivity contribution < 1.29 is 4.79 Å². The SMILES string of the molecule is Cc1nn(C)c(C)c1-c1cc(C(=O)NC(C)c2ccccc2Br)[nH]n1. The quantitative estimate of drug-likeness (QED) is 0.699. The van der Waals surface area contributed by atoms with Crippen molar-refractivity contribution in [2.24, 2.45) is 7.05 Å². The summed E-state index contributed by atoms with van der Waals surface area (Å²) in [6.45, 7) is 5.87. The van der Waals surface area contributed by atoms with Gasteiger partial charge in [0.2, 0.25) is 0 Å². The summed E-state index contributed by atoms with van der Waals surface area (Å²) in [4.78, 5) is 12.5. The molecule has 0 bridgehead atoms. The van der Waals surface area contributed by atoms with Gasteiger partial charge in [-0.1, -0.05) is 34.1 Å². The molecule has 6 nitrogen and oxygen atoms in total. The molecule has 3 rings (SSSR count). The largest absolute Gasteiger partial charge is 0.344 e. The number of nitrogens with zero attached hydrogens (tertiary/aromatic N) is 3. The van der Waals surface area contributed by atoms with Gasteiger partial charge in [0, 0.05) is 22.8 Å². The zero-order valence-corrected chi connectivity index (χ0v) is 16.2. The van der Waals surface area contributed by atoms with Gasteiger partial charge in [-0.3, -0.25) is 14.6 Å². The van der Waals surface area contributed by atoms with Crippen molar-refractivity contribution in [2.45, 2.75) is 26.8 Å². The first-order chi connectivity index (χ1) is 11.9. The van der Waals surface area contributed by atoms with Gasteiger partial charge in [0.05, 0.1) is 17.4 Å². The van der Waals surface area contributed by atoms with Gasteiger partial charge in [0.15, 0.2) is 0 Å². The molecule has 0 aliphatic carbocycles. The molecule has 2 N–H and O–H groups in total. The molecule has 0 saturated heterocycles. The minimum Gasteiger partial charge on any atom is -0.344 e. The zero-order valence-electron chi connectivity index (χ0n) is 14.6. The average Bonchev–Trinajstić information content (AvgIpc) is 3.13. The molecular weight excluding hydrogens is 382 g/mol. The van der Waals surface area contributed by atoms with Crippen LogP contribution in [0.15, 0.2) is 34.8 Å². The van der Waals surface area contributed by atoms with Crippen LogP contribution in [0.3, 0.4) is 0 Å². The monoisotopic (exact) mass is 401 g/mol. The third kappa shape index (κ3) is 3.37. The Labute approximate surface area is 154 Å². The molecule has 1 atom stereocenters. The van der Waals surface area contributed by atoms with Crippen LogP contribution in [0.1, 0.15) is 40.4 Å². The van der Waals surface area contributed by atoms with Gasteiger partial charge in [-0.2, -0.15) is 10.2 Å². The molecule has 0 aliphatic heterocycles. The topological polar surface area (TPSA) is 75.6 Å². The predicted molar refractivity (Wildman–Crippen MR) is 100 cm³/mol. The van der Waals surface area contributed by atoms with Crippen LogP contribution in [0.2, 0.25) is 0 Å². The van der Waals surface area contributed by atoms with Gasteiger partial charge >= 0.3 is 0 Å². The normalized spacial score (nSPS) is 12.2. The number of aromatic nitrogens is 4. The standard InChI is InChI=1S/C18H20BrN5O/c1-10(13-7-5-6-8-14(13)19)20-18(25)16-9-15(21-22-16)17-11(2)23-24(4)12(17)3/h5-10H,1-4H3,(H,20,25)(H,21,22). The van der Waals surface area contributed by atoms with Gasteiger partial charge < -0.3 is 5.32 Å². The lowest BCUT2D eigenvalue weighted by atomic mass is 10.1. The molecule has 2 heterocycles. The number of hydrogen-bond donors (Lipinski definition) is 2. The van der Waals surface area contributed by atoms with Gasteiger partial charge in [0.25, 0.3) is 5.91 Å². The molecule has 0 spiro atoms. The Kier molecular flexibility index (Phi) is 4.76. The third-order valence-corrected chi connectivity index (χ3v) is 5.03. The van der Waals surface area contributed by atoms with Crippen molar-refractivity contribution in [3.05, 3.63) is 57.4 Å².